The molecule has 0 amide bonds. The van der Waals surface area contributed by atoms with Crippen LogP contribution in [-0.2, 0) is 0 Å². The molecule has 0 radical (unpaired) electrons. The van der Waals surface area contributed by atoms with E-state index in [4.69, 9.17) is 0 Å². The first-order chi connectivity index (χ1) is 8.59. The number of aryl methyl sites for hydroxylation is 1. The number of anilines is 1. The second kappa shape index (κ2) is 4.23. The number of fused-ring (bicyclic) bond motifs is 1. The smallest absolute Gasteiger partial charge is 0.183 e. The van der Waals surface area contributed by atoms with Gasteiger partial charge in [0.05, 0.1) is 10.2 Å². The van der Waals surface area contributed by atoms with Crippen molar-refractivity contribution in [3.05, 3.63) is 23.8 Å². The minimum absolute atomic E-state index is 0.535. The molecule has 0 saturated heterocycles. The molecule has 1 aromatic heterocycles. The lowest BCUT2D eigenvalue weighted by molar-refractivity contribution is 0.380. The lowest BCUT2D eigenvalue weighted by atomic mass is 9.92. The second-order valence-electron chi connectivity index (χ2n) is 5.86. The summed E-state index contributed by atoms with van der Waals surface area (Å²) < 4.78 is 1.28. The van der Waals surface area contributed by atoms with Crippen LogP contribution in [0.1, 0.15) is 32.3 Å². The Labute approximate surface area is 112 Å². The number of nitrogens with zero attached hydrogens (tertiary/aromatic N) is 1. The van der Waals surface area contributed by atoms with Crippen molar-refractivity contribution < 1.29 is 0 Å². The third-order valence-electron chi connectivity index (χ3n) is 4.25. The van der Waals surface area contributed by atoms with E-state index >= 15 is 0 Å². The number of hydrogen-bond acceptors (Lipinski definition) is 3. The Morgan fingerprint density at radius 1 is 1.39 bits per heavy atom. The third kappa shape index (κ3) is 2.12. The van der Waals surface area contributed by atoms with Crippen LogP contribution < -0.4 is 5.32 Å². The topological polar surface area (TPSA) is 24.9 Å². The zero-order valence-electron chi connectivity index (χ0n) is 11.3. The standard InChI is InChI=1S/C15H20N2S/c1-10(2)15(6-7-15)9-16-14-17-12-8-11(3)4-5-13(12)18-14/h4-5,8,10H,6-7,9H2,1-3H3,(H,16,17). The first-order valence-electron chi connectivity index (χ1n) is 6.70. The molecule has 0 unspecified atom stereocenters. The second-order valence-corrected chi connectivity index (χ2v) is 6.89. The van der Waals surface area contributed by atoms with E-state index in [1.54, 1.807) is 11.3 Å². The van der Waals surface area contributed by atoms with Gasteiger partial charge < -0.3 is 5.32 Å². The average Bonchev–Trinajstić information content (AvgIpc) is 3.02. The van der Waals surface area contributed by atoms with Crippen LogP contribution in [0.25, 0.3) is 10.2 Å². The summed E-state index contributed by atoms with van der Waals surface area (Å²) in [5, 5.41) is 4.62. The van der Waals surface area contributed by atoms with Crippen LogP contribution in [-0.4, -0.2) is 11.5 Å². The first-order valence-corrected chi connectivity index (χ1v) is 7.52. The van der Waals surface area contributed by atoms with Gasteiger partial charge in [-0.25, -0.2) is 4.98 Å². The normalized spacial score (nSPS) is 17.3. The fraction of sp³-hybridized carbons (Fsp3) is 0.533. The van der Waals surface area contributed by atoms with E-state index in [9.17, 15) is 0 Å². The SMILES string of the molecule is Cc1ccc2sc(NCC3(C(C)C)CC3)nc2c1. The van der Waals surface area contributed by atoms with E-state index in [2.05, 4.69) is 49.3 Å². The van der Waals surface area contributed by atoms with Crippen molar-refractivity contribution in [3.8, 4) is 0 Å². The minimum Gasteiger partial charge on any atom is -0.361 e. The van der Waals surface area contributed by atoms with Gasteiger partial charge >= 0.3 is 0 Å². The molecular formula is C15H20N2S. The van der Waals surface area contributed by atoms with Gasteiger partial charge in [-0.15, -0.1) is 0 Å². The summed E-state index contributed by atoms with van der Waals surface area (Å²) in [7, 11) is 0. The molecule has 18 heavy (non-hydrogen) atoms. The number of nitrogens with one attached hydrogen (secondary N) is 1. The molecule has 3 rings (SSSR count). The van der Waals surface area contributed by atoms with Crippen molar-refractivity contribution in [3.63, 3.8) is 0 Å². The van der Waals surface area contributed by atoms with E-state index < -0.39 is 0 Å². The van der Waals surface area contributed by atoms with Crippen LogP contribution in [0, 0.1) is 18.3 Å². The Kier molecular flexibility index (Phi) is 2.81. The van der Waals surface area contributed by atoms with Gasteiger partial charge in [0.1, 0.15) is 0 Å². The highest BCUT2D eigenvalue weighted by molar-refractivity contribution is 7.22. The molecule has 1 aromatic carbocycles. The molecule has 1 aliphatic carbocycles. The zero-order valence-corrected chi connectivity index (χ0v) is 12.1. The van der Waals surface area contributed by atoms with Crippen LogP contribution in [0.4, 0.5) is 5.13 Å². The van der Waals surface area contributed by atoms with E-state index in [1.165, 1.54) is 23.1 Å². The van der Waals surface area contributed by atoms with Gasteiger partial charge in [-0.1, -0.05) is 31.3 Å². The van der Waals surface area contributed by atoms with Crippen LogP contribution in [0.15, 0.2) is 18.2 Å². The van der Waals surface area contributed by atoms with Crippen LogP contribution in [0.5, 0.6) is 0 Å². The summed E-state index contributed by atoms with van der Waals surface area (Å²) in [5.41, 5.74) is 2.94. The zero-order chi connectivity index (χ0) is 12.8. The number of hydrogen-bond donors (Lipinski definition) is 1. The summed E-state index contributed by atoms with van der Waals surface area (Å²) in [6, 6.07) is 6.48. The van der Waals surface area contributed by atoms with Crippen molar-refractivity contribution in [2.75, 3.05) is 11.9 Å². The Bertz CT molecular complexity index is 567. The molecular weight excluding hydrogens is 240 g/mol. The third-order valence-corrected chi connectivity index (χ3v) is 5.25. The molecule has 1 fully saturated rings. The Hall–Kier alpha value is -1.09. The minimum atomic E-state index is 0.535. The molecule has 2 aromatic rings. The molecule has 2 nitrogen and oxygen atoms in total. The largest absolute Gasteiger partial charge is 0.361 e. The van der Waals surface area contributed by atoms with Crippen molar-refractivity contribution in [2.24, 2.45) is 11.3 Å². The van der Waals surface area contributed by atoms with Gasteiger partial charge in [0.25, 0.3) is 0 Å². The fourth-order valence-corrected chi connectivity index (χ4v) is 3.33. The highest BCUT2D eigenvalue weighted by Gasteiger charge is 2.45. The molecule has 3 heteroatoms. The number of thiazole rings is 1. The van der Waals surface area contributed by atoms with Gasteiger partial charge in [-0.05, 0) is 48.8 Å². The highest BCUT2D eigenvalue weighted by atomic mass is 32.1. The van der Waals surface area contributed by atoms with Crippen LogP contribution in [0.3, 0.4) is 0 Å². The molecule has 1 heterocycles. The lowest BCUT2D eigenvalue weighted by Crippen LogP contribution is -2.20. The molecule has 1 saturated carbocycles. The predicted octanol–water partition coefficient (Wildman–Crippen LogP) is 4.45. The first kappa shape index (κ1) is 12.0. The van der Waals surface area contributed by atoms with E-state index in [0.717, 1.165) is 23.1 Å². The van der Waals surface area contributed by atoms with Gasteiger partial charge in [0.2, 0.25) is 0 Å². The maximum atomic E-state index is 4.67. The fourth-order valence-electron chi connectivity index (χ4n) is 2.48. The Balaban J connectivity index is 1.75. The maximum Gasteiger partial charge on any atom is 0.183 e. The van der Waals surface area contributed by atoms with Crippen molar-refractivity contribution >= 4 is 26.7 Å². The number of benzene rings is 1. The number of aromatic nitrogens is 1. The molecule has 0 spiro atoms. The quantitative estimate of drug-likeness (QED) is 0.878. The summed E-state index contributed by atoms with van der Waals surface area (Å²) in [6.45, 7) is 7.85. The average molecular weight is 260 g/mol. The van der Waals surface area contributed by atoms with E-state index in [0.29, 0.717) is 5.41 Å². The lowest BCUT2D eigenvalue weighted by Gasteiger charge is -2.19. The molecule has 0 atom stereocenters. The molecule has 0 aliphatic heterocycles. The van der Waals surface area contributed by atoms with Gasteiger partial charge in [-0.2, -0.15) is 0 Å². The van der Waals surface area contributed by atoms with Crippen molar-refractivity contribution in [2.45, 2.75) is 33.6 Å². The van der Waals surface area contributed by atoms with Crippen LogP contribution >= 0.6 is 11.3 Å². The number of rotatable bonds is 4. The Morgan fingerprint density at radius 2 is 2.17 bits per heavy atom. The molecule has 1 aliphatic rings. The Morgan fingerprint density at radius 3 is 2.83 bits per heavy atom. The monoisotopic (exact) mass is 260 g/mol. The van der Waals surface area contributed by atoms with Gasteiger partial charge in [-0.3, -0.25) is 0 Å². The molecule has 0 bridgehead atoms. The predicted molar refractivity (Wildman–Crippen MR) is 79.4 cm³/mol. The van der Waals surface area contributed by atoms with Crippen LogP contribution in [0.2, 0.25) is 0 Å². The highest BCUT2D eigenvalue weighted by Crippen LogP contribution is 2.51. The summed E-state index contributed by atoms with van der Waals surface area (Å²) in [5.74, 6) is 0.765. The summed E-state index contributed by atoms with van der Waals surface area (Å²) in [4.78, 5) is 4.67. The van der Waals surface area contributed by atoms with E-state index in [-0.39, 0.29) is 0 Å². The molecule has 96 valence electrons. The molecule has 1 N–H and O–H groups in total. The van der Waals surface area contributed by atoms with Crippen molar-refractivity contribution in [1.29, 1.82) is 0 Å². The van der Waals surface area contributed by atoms with Gasteiger partial charge in [0.15, 0.2) is 5.13 Å². The summed E-state index contributed by atoms with van der Waals surface area (Å²) >= 11 is 1.76. The summed E-state index contributed by atoms with van der Waals surface area (Å²) in [6.07, 6.45) is 2.73. The van der Waals surface area contributed by atoms with Crippen molar-refractivity contribution in [1.82, 2.24) is 4.98 Å². The van der Waals surface area contributed by atoms with Gasteiger partial charge in [0, 0.05) is 6.54 Å². The maximum absolute atomic E-state index is 4.67. The van der Waals surface area contributed by atoms with E-state index in [1.807, 2.05) is 0 Å².